The van der Waals surface area contributed by atoms with Crippen molar-refractivity contribution in [1.29, 1.82) is 0 Å². The zero-order valence-electron chi connectivity index (χ0n) is 12.6. The molecule has 1 aromatic rings. The number of piperidine rings is 1. The lowest BCUT2D eigenvalue weighted by atomic mass is 9.97. The lowest BCUT2D eigenvalue weighted by molar-refractivity contribution is -0.141. The molecule has 0 bridgehead atoms. The molecule has 0 saturated carbocycles. The number of anilines is 1. The molecule has 0 aromatic heterocycles. The highest BCUT2D eigenvalue weighted by atomic mass is 16.2. The molecular weight excluding hydrogens is 282 g/mol. The molecule has 0 spiro atoms. The van der Waals surface area contributed by atoms with E-state index in [-0.39, 0.29) is 11.8 Å². The number of hydrogen-bond donors (Lipinski definition) is 3. The zero-order valence-corrected chi connectivity index (χ0v) is 12.6. The molecule has 6 heteroatoms. The maximum absolute atomic E-state index is 11.9. The molecule has 118 valence electrons. The molecule has 22 heavy (non-hydrogen) atoms. The van der Waals surface area contributed by atoms with Crippen molar-refractivity contribution in [1.82, 2.24) is 10.6 Å². The SMILES string of the molecule is CCc1ccc(NC(=O)C(=O)NC(=O)C2CCNCC2)cc1. The summed E-state index contributed by atoms with van der Waals surface area (Å²) in [4.78, 5) is 35.5. The monoisotopic (exact) mass is 303 g/mol. The fraction of sp³-hybridized carbons (Fsp3) is 0.438. The van der Waals surface area contributed by atoms with Crippen LogP contribution in [0.5, 0.6) is 0 Å². The Morgan fingerprint density at radius 3 is 2.32 bits per heavy atom. The molecule has 0 aliphatic carbocycles. The topological polar surface area (TPSA) is 87.3 Å². The molecule has 1 aliphatic rings. The summed E-state index contributed by atoms with van der Waals surface area (Å²) < 4.78 is 0. The Labute approximate surface area is 129 Å². The quantitative estimate of drug-likeness (QED) is 0.722. The lowest BCUT2D eigenvalue weighted by Crippen LogP contribution is -2.44. The number of imide groups is 1. The molecular formula is C16H21N3O3. The standard InChI is InChI=1S/C16H21N3O3/c1-2-11-3-5-13(6-4-11)18-15(21)16(22)19-14(20)12-7-9-17-10-8-12/h3-6,12,17H,2,7-10H2,1H3,(H,18,21)(H,19,20,22). The Morgan fingerprint density at radius 2 is 1.73 bits per heavy atom. The minimum atomic E-state index is -0.914. The van der Waals surface area contributed by atoms with Crippen molar-refractivity contribution in [3.63, 3.8) is 0 Å². The van der Waals surface area contributed by atoms with E-state index in [0.717, 1.165) is 25.1 Å². The smallest absolute Gasteiger partial charge is 0.316 e. The van der Waals surface area contributed by atoms with Gasteiger partial charge in [-0.15, -0.1) is 0 Å². The minimum Gasteiger partial charge on any atom is -0.318 e. The van der Waals surface area contributed by atoms with Gasteiger partial charge in [0.25, 0.3) is 0 Å². The van der Waals surface area contributed by atoms with Crippen molar-refractivity contribution in [2.45, 2.75) is 26.2 Å². The van der Waals surface area contributed by atoms with E-state index in [1.807, 2.05) is 19.1 Å². The van der Waals surface area contributed by atoms with Crippen molar-refractivity contribution in [2.24, 2.45) is 5.92 Å². The first kappa shape index (κ1) is 16.2. The molecule has 1 aliphatic heterocycles. The van der Waals surface area contributed by atoms with Crippen LogP contribution in [-0.2, 0) is 20.8 Å². The fourth-order valence-corrected chi connectivity index (χ4v) is 2.37. The van der Waals surface area contributed by atoms with Crippen molar-refractivity contribution in [3.8, 4) is 0 Å². The Bertz CT molecular complexity index is 548. The summed E-state index contributed by atoms with van der Waals surface area (Å²) in [5, 5.41) is 7.80. The van der Waals surface area contributed by atoms with Crippen LogP contribution in [-0.4, -0.2) is 30.8 Å². The third kappa shape index (κ3) is 4.39. The lowest BCUT2D eigenvalue weighted by Gasteiger charge is -2.21. The largest absolute Gasteiger partial charge is 0.318 e. The van der Waals surface area contributed by atoms with Crippen LogP contribution in [0.25, 0.3) is 0 Å². The second kappa shape index (κ2) is 7.70. The van der Waals surface area contributed by atoms with Crippen LogP contribution in [0, 0.1) is 5.92 Å². The van der Waals surface area contributed by atoms with Crippen LogP contribution in [0.15, 0.2) is 24.3 Å². The summed E-state index contributed by atoms with van der Waals surface area (Å²) in [5.74, 6) is -2.32. The Hall–Kier alpha value is -2.21. The first-order chi connectivity index (χ1) is 10.6. The number of rotatable bonds is 3. The molecule has 0 radical (unpaired) electrons. The first-order valence-corrected chi connectivity index (χ1v) is 7.56. The summed E-state index contributed by atoms with van der Waals surface area (Å²) >= 11 is 0. The van der Waals surface area contributed by atoms with E-state index in [1.54, 1.807) is 12.1 Å². The first-order valence-electron chi connectivity index (χ1n) is 7.56. The van der Waals surface area contributed by atoms with E-state index in [9.17, 15) is 14.4 Å². The van der Waals surface area contributed by atoms with Crippen molar-refractivity contribution < 1.29 is 14.4 Å². The number of carbonyl (C=O) groups excluding carboxylic acids is 3. The van der Waals surface area contributed by atoms with Gasteiger partial charge >= 0.3 is 11.8 Å². The van der Waals surface area contributed by atoms with Crippen LogP contribution >= 0.6 is 0 Å². The Balaban J connectivity index is 1.85. The fourth-order valence-electron chi connectivity index (χ4n) is 2.37. The normalized spacial score (nSPS) is 15.1. The number of hydrogen-bond acceptors (Lipinski definition) is 4. The van der Waals surface area contributed by atoms with Gasteiger partial charge < -0.3 is 10.6 Å². The molecule has 3 N–H and O–H groups in total. The van der Waals surface area contributed by atoms with Crippen molar-refractivity contribution in [2.75, 3.05) is 18.4 Å². The Kier molecular flexibility index (Phi) is 5.66. The van der Waals surface area contributed by atoms with E-state index in [2.05, 4.69) is 16.0 Å². The highest BCUT2D eigenvalue weighted by molar-refractivity contribution is 6.41. The highest BCUT2D eigenvalue weighted by Gasteiger charge is 2.24. The summed E-state index contributed by atoms with van der Waals surface area (Å²) in [6, 6.07) is 7.23. The molecule has 2 rings (SSSR count). The van der Waals surface area contributed by atoms with Crippen molar-refractivity contribution >= 4 is 23.4 Å². The maximum Gasteiger partial charge on any atom is 0.316 e. The van der Waals surface area contributed by atoms with Gasteiger partial charge in [0.2, 0.25) is 5.91 Å². The summed E-state index contributed by atoms with van der Waals surface area (Å²) in [5.41, 5.74) is 1.68. The highest BCUT2D eigenvalue weighted by Crippen LogP contribution is 2.12. The number of nitrogens with one attached hydrogen (secondary N) is 3. The summed E-state index contributed by atoms with van der Waals surface area (Å²) in [6.07, 6.45) is 2.26. The van der Waals surface area contributed by atoms with Gasteiger partial charge in [-0.05, 0) is 50.0 Å². The van der Waals surface area contributed by atoms with Gasteiger partial charge in [0.15, 0.2) is 0 Å². The van der Waals surface area contributed by atoms with E-state index >= 15 is 0 Å². The predicted octanol–water partition coefficient (Wildman–Crippen LogP) is 0.830. The van der Waals surface area contributed by atoms with Gasteiger partial charge in [0.05, 0.1) is 0 Å². The van der Waals surface area contributed by atoms with E-state index in [0.29, 0.717) is 18.5 Å². The molecule has 3 amide bonds. The molecule has 0 atom stereocenters. The zero-order chi connectivity index (χ0) is 15.9. The van der Waals surface area contributed by atoms with Crippen LogP contribution in [0.2, 0.25) is 0 Å². The van der Waals surface area contributed by atoms with E-state index in [1.165, 1.54) is 0 Å². The number of benzene rings is 1. The van der Waals surface area contributed by atoms with Gasteiger partial charge in [-0.2, -0.15) is 0 Å². The molecule has 6 nitrogen and oxygen atoms in total. The van der Waals surface area contributed by atoms with Crippen LogP contribution in [0.3, 0.4) is 0 Å². The third-order valence-electron chi connectivity index (χ3n) is 3.77. The van der Waals surface area contributed by atoms with Crippen LogP contribution < -0.4 is 16.0 Å². The average Bonchev–Trinajstić information content (AvgIpc) is 2.56. The second-order valence-corrected chi connectivity index (χ2v) is 5.35. The molecule has 1 saturated heterocycles. The summed E-state index contributed by atoms with van der Waals surface area (Å²) in [6.45, 7) is 3.54. The third-order valence-corrected chi connectivity index (χ3v) is 3.77. The Morgan fingerprint density at radius 1 is 1.09 bits per heavy atom. The number of carbonyl (C=O) groups is 3. The maximum atomic E-state index is 11.9. The van der Waals surface area contributed by atoms with Gasteiger partial charge in [-0.3, -0.25) is 19.7 Å². The molecule has 1 heterocycles. The number of aryl methyl sites for hydroxylation is 1. The van der Waals surface area contributed by atoms with Gasteiger partial charge in [-0.25, -0.2) is 0 Å². The van der Waals surface area contributed by atoms with E-state index in [4.69, 9.17) is 0 Å². The second-order valence-electron chi connectivity index (χ2n) is 5.35. The van der Waals surface area contributed by atoms with E-state index < -0.39 is 11.8 Å². The average molecular weight is 303 g/mol. The minimum absolute atomic E-state index is 0.207. The van der Waals surface area contributed by atoms with Crippen LogP contribution in [0.1, 0.15) is 25.3 Å². The molecule has 0 unspecified atom stereocenters. The van der Waals surface area contributed by atoms with Crippen LogP contribution in [0.4, 0.5) is 5.69 Å². The van der Waals surface area contributed by atoms with Gasteiger partial charge in [0, 0.05) is 11.6 Å². The molecule has 1 aromatic carbocycles. The predicted molar refractivity (Wildman–Crippen MR) is 83.2 cm³/mol. The number of amides is 3. The van der Waals surface area contributed by atoms with Gasteiger partial charge in [-0.1, -0.05) is 19.1 Å². The molecule has 1 fully saturated rings. The van der Waals surface area contributed by atoms with Gasteiger partial charge in [0.1, 0.15) is 0 Å². The van der Waals surface area contributed by atoms with Crippen molar-refractivity contribution in [3.05, 3.63) is 29.8 Å². The summed E-state index contributed by atoms with van der Waals surface area (Å²) in [7, 11) is 0.